The molecule has 0 unspecified atom stereocenters. The minimum absolute atomic E-state index is 0.0403. The van der Waals surface area contributed by atoms with E-state index in [1.807, 2.05) is 11.4 Å². The molecule has 2 heterocycles. The van der Waals surface area contributed by atoms with Crippen LogP contribution in [-0.4, -0.2) is 16.0 Å². The molecule has 2 N–H and O–H groups in total. The van der Waals surface area contributed by atoms with Gasteiger partial charge in [-0.1, -0.05) is 24.3 Å². The highest BCUT2D eigenvalue weighted by molar-refractivity contribution is 7.17. The molecule has 0 fully saturated rings. The highest BCUT2D eigenvalue weighted by atomic mass is 32.1. The molecule has 21 heavy (non-hydrogen) atoms. The summed E-state index contributed by atoms with van der Waals surface area (Å²) >= 11 is 1.43. The zero-order valence-electron chi connectivity index (χ0n) is 11.4. The minimum Gasteiger partial charge on any atom is -0.308 e. The van der Waals surface area contributed by atoms with E-state index in [0.717, 1.165) is 18.4 Å². The van der Waals surface area contributed by atoms with Gasteiger partial charge >= 0.3 is 0 Å². The Morgan fingerprint density at radius 3 is 2.76 bits per heavy atom. The normalized spacial score (nSPS) is 14.7. The Hall–Kier alpha value is -1.98. The molecule has 0 amide bonds. The monoisotopic (exact) mass is 297 g/mol. The summed E-state index contributed by atoms with van der Waals surface area (Å²) in [7, 11) is 0. The molecule has 4 nitrogen and oxygen atoms in total. The minimum atomic E-state index is -0.0403. The van der Waals surface area contributed by atoms with E-state index in [2.05, 4.69) is 39.6 Å². The van der Waals surface area contributed by atoms with Crippen LogP contribution in [0, 0.1) is 0 Å². The SMILES string of the molecule is O=c1[nH]c(CNC2Cc3ccccc3C2)nc2ccsc12. The fourth-order valence-electron chi connectivity index (χ4n) is 2.95. The van der Waals surface area contributed by atoms with Gasteiger partial charge in [0.2, 0.25) is 0 Å². The molecule has 2 aromatic heterocycles. The number of aromatic amines is 1. The summed E-state index contributed by atoms with van der Waals surface area (Å²) in [5.41, 5.74) is 3.59. The summed E-state index contributed by atoms with van der Waals surface area (Å²) in [6.07, 6.45) is 2.09. The lowest BCUT2D eigenvalue weighted by Crippen LogP contribution is -2.30. The molecule has 0 saturated heterocycles. The Balaban J connectivity index is 1.48. The number of fused-ring (bicyclic) bond motifs is 2. The quantitative estimate of drug-likeness (QED) is 0.779. The Kier molecular flexibility index (Phi) is 3.09. The van der Waals surface area contributed by atoms with E-state index in [0.29, 0.717) is 23.1 Å². The number of hydrogen-bond acceptors (Lipinski definition) is 4. The zero-order chi connectivity index (χ0) is 14.2. The average Bonchev–Trinajstić information content (AvgIpc) is 3.11. The summed E-state index contributed by atoms with van der Waals surface area (Å²) < 4.78 is 0.701. The second kappa shape index (κ2) is 5.09. The Labute approximate surface area is 125 Å². The molecule has 0 atom stereocenters. The van der Waals surface area contributed by atoms with Crippen LogP contribution in [-0.2, 0) is 19.4 Å². The summed E-state index contributed by atoms with van der Waals surface area (Å²) in [6, 6.07) is 10.9. The van der Waals surface area contributed by atoms with Crippen molar-refractivity contribution in [2.24, 2.45) is 0 Å². The molecule has 3 aromatic rings. The van der Waals surface area contributed by atoms with Crippen LogP contribution in [0.1, 0.15) is 17.0 Å². The highest BCUT2D eigenvalue weighted by Crippen LogP contribution is 2.21. The molecule has 1 aliphatic rings. The van der Waals surface area contributed by atoms with Crippen LogP contribution in [0.3, 0.4) is 0 Å². The smallest absolute Gasteiger partial charge is 0.268 e. The highest BCUT2D eigenvalue weighted by Gasteiger charge is 2.20. The Morgan fingerprint density at radius 2 is 2.00 bits per heavy atom. The lowest BCUT2D eigenvalue weighted by atomic mass is 10.1. The molecule has 0 spiro atoms. The standard InChI is InChI=1S/C16H15N3OS/c20-16-15-13(5-6-21-15)18-14(19-16)9-17-12-7-10-3-1-2-4-11(10)8-12/h1-6,12,17H,7-9H2,(H,18,19,20). The van der Waals surface area contributed by atoms with Crippen molar-refractivity contribution in [1.29, 1.82) is 0 Å². The first-order chi connectivity index (χ1) is 10.3. The molecule has 106 valence electrons. The molecular weight excluding hydrogens is 282 g/mol. The zero-order valence-corrected chi connectivity index (χ0v) is 12.2. The van der Waals surface area contributed by atoms with Gasteiger partial charge in [0.15, 0.2) is 0 Å². The van der Waals surface area contributed by atoms with Gasteiger partial charge in [-0.25, -0.2) is 4.98 Å². The maximum Gasteiger partial charge on any atom is 0.268 e. The van der Waals surface area contributed by atoms with Crippen molar-refractivity contribution in [1.82, 2.24) is 15.3 Å². The molecule has 4 rings (SSSR count). The van der Waals surface area contributed by atoms with Crippen molar-refractivity contribution >= 4 is 21.6 Å². The van der Waals surface area contributed by atoms with Crippen LogP contribution in [0.25, 0.3) is 10.2 Å². The molecule has 1 aliphatic carbocycles. The van der Waals surface area contributed by atoms with Gasteiger partial charge in [0, 0.05) is 6.04 Å². The van der Waals surface area contributed by atoms with Crippen molar-refractivity contribution in [2.75, 3.05) is 0 Å². The molecule has 0 radical (unpaired) electrons. The first kappa shape index (κ1) is 12.7. The van der Waals surface area contributed by atoms with Crippen LogP contribution in [0.2, 0.25) is 0 Å². The molecule has 0 aliphatic heterocycles. The Bertz CT molecular complexity index is 827. The molecule has 0 saturated carbocycles. The van der Waals surface area contributed by atoms with Gasteiger partial charge in [-0.2, -0.15) is 0 Å². The van der Waals surface area contributed by atoms with Crippen molar-refractivity contribution in [3.8, 4) is 0 Å². The van der Waals surface area contributed by atoms with E-state index in [1.54, 1.807) is 0 Å². The van der Waals surface area contributed by atoms with Gasteiger partial charge in [-0.15, -0.1) is 11.3 Å². The van der Waals surface area contributed by atoms with Crippen LogP contribution in [0.4, 0.5) is 0 Å². The number of aromatic nitrogens is 2. The average molecular weight is 297 g/mol. The largest absolute Gasteiger partial charge is 0.308 e. The van der Waals surface area contributed by atoms with Gasteiger partial charge < -0.3 is 10.3 Å². The first-order valence-corrected chi connectivity index (χ1v) is 7.94. The molecule has 1 aromatic carbocycles. The molecule has 5 heteroatoms. The third kappa shape index (κ3) is 2.39. The maximum absolute atomic E-state index is 11.9. The molecule has 0 bridgehead atoms. The van der Waals surface area contributed by atoms with Gasteiger partial charge in [-0.05, 0) is 35.4 Å². The van der Waals surface area contributed by atoms with Gasteiger partial charge in [0.25, 0.3) is 5.56 Å². The van der Waals surface area contributed by atoms with Gasteiger partial charge in [0.05, 0.1) is 12.1 Å². The van der Waals surface area contributed by atoms with E-state index >= 15 is 0 Å². The second-order valence-electron chi connectivity index (χ2n) is 5.40. The van der Waals surface area contributed by atoms with Crippen molar-refractivity contribution in [3.63, 3.8) is 0 Å². The summed E-state index contributed by atoms with van der Waals surface area (Å²) in [5.74, 6) is 0.710. The van der Waals surface area contributed by atoms with Crippen LogP contribution >= 0.6 is 11.3 Å². The number of thiophene rings is 1. The third-order valence-corrected chi connectivity index (χ3v) is 4.88. The van der Waals surface area contributed by atoms with Gasteiger partial charge in [0.1, 0.15) is 10.5 Å². The summed E-state index contributed by atoms with van der Waals surface area (Å²) in [5, 5.41) is 5.40. The van der Waals surface area contributed by atoms with E-state index in [4.69, 9.17) is 0 Å². The van der Waals surface area contributed by atoms with E-state index in [1.165, 1.54) is 22.5 Å². The number of H-pyrrole nitrogens is 1. The topological polar surface area (TPSA) is 57.8 Å². The predicted molar refractivity (Wildman–Crippen MR) is 84.7 cm³/mol. The van der Waals surface area contributed by atoms with Crippen molar-refractivity contribution < 1.29 is 0 Å². The Morgan fingerprint density at radius 1 is 1.24 bits per heavy atom. The van der Waals surface area contributed by atoms with E-state index in [-0.39, 0.29) is 5.56 Å². The number of nitrogens with zero attached hydrogens (tertiary/aromatic N) is 1. The maximum atomic E-state index is 11.9. The van der Waals surface area contributed by atoms with Gasteiger partial charge in [-0.3, -0.25) is 4.79 Å². The number of nitrogens with one attached hydrogen (secondary N) is 2. The fourth-order valence-corrected chi connectivity index (χ4v) is 3.68. The number of hydrogen-bond donors (Lipinski definition) is 2. The van der Waals surface area contributed by atoms with Crippen LogP contribution in [0.15, 0.2) is 40.5 Å². The predicted octanol–water partition coefficient (Wildman–Crippen LogP) is 2.24. The third-order valence-electron chi connectivity index (χ3n) is 3.97. The first-order valence-electron chi connectivity index (χ1n) is 7.06. The van der Waals surface area contributed by atoms with Crippen molar-refractivity contribution in [3.05, 3.63) is 63.0 Å². The fraction of sp³-hybridized carbons (Fsp3) is 0.250. The van der Waals surface area contributed by atoms with Crippen LogP contribution < -0.4 is 10.9 Å². The number of benzene rings is 1. The second-order valence-corrected chi connectivity index (χ2v) is 6.32. The van der Waals surface area contributed by atoms with Crippen LogP contribution in [0.5, 0.6) is 0 Å². The van der Waals surface area contributed by atoms with E-state index in [9.17, 15) is 4.79 Å². The number of rotatable bonds is 3. The van der Waals surface area contributed by atoms with E-state index < -0.39 is 0 Å². The molecular formula is C16H15N3OS. The lowest BCUT2D eigenvalue weighted by Gasteiger charge is -2.11. The summed E-state index contributed by atoms with van der Waals surface area (Å²) in [6.45, 7) is 0.597. The van der Waals surface area contributed by atoms with Crippen molar-refractivity contribution in [2.45, 2.75) is 25.4 Å². The summed E-state index contributed by atoms with van der Waals surface area (Å²) in [4.78, 5) is 19.3. The lowest BCUT2D eigenvalue weighted by molar-refractivity contribution is 0.522.